The second kappa shape index (κ2) is 9.75. The number of nitrogens with zero attached hydrogens (tertiary/aromatic N) is 2. The Bertz CT molecular complexity index is 1090. The van der Waals surface area contributed by atoms with Crippen molar-refractivity contribution in [3.8, 4) is 11.1 Å². The maximum atomic E-state index is 13.8. The van der Waals surface area contributed by atoms with E-state index < -0.39 is 0 Å². The molecule has 0 radical (unpaired) electrons. The standard InChI is InChI=1S/C26H26FN3O2/c1-19-7-8-22(17-24(19)27)26(32)30-15-13-29(14-16-30)18-25(31)28-23-11-9-21(10-12-23)20-5-3-2-4-6-20/h2-12,17H,13-16,18H2,1H3,(H,28,31). The zero-order valence-electron chi connectivity index (χ0n) is 18.1. The molecular formula is C26H26FN3O2. The minimum absolute atomic E-state index is 0.0853. The van der Waals surface area contributed by atoms with E-state index in [9.17, 15) is 14.0 Å². The van der Waals surface area contributed by atoms with E-state index in [1.165, 1.54) is 6.07 Å². The van der Waals surface area contributed by atoms with Crippen LogP contribution in [0.3, 0.4) is 0 Å². The highest BCUT2D eigenvalue weighted by molar-refractivity contribution is 5.94. The molecule has 1 fully saturated rings. The molecule has 0 unspecified atom stereocenters. The van der Waals surface area contributed by atoms with Crippen LogP contribution in [0.1, 0.15) is 15.9 Å². The van der Waals surface area contributed by atoms with E-state index in [2.05, 4.69) is 5.32 Å². The second-order valence-electron chi connectivity index (χ2n) is 8.02. The average Bonchev–Trinajstić information content (AvgIpc) is 2.82. The molecule has 0 aliphatic carbocycles. The van der Waals surface area contributed by atoms with Gasteiger partial charge in [-0.05, 0) is 47.9 Å². The molecule has 6 heteroatoms. The lowest BCUT2D eigenvalue weighted by Gasteiger charge is -2.34. The number of halogens is 1. The molecule has 1 aliphatic heterocycles. The van der Waals surface area contributed by atoms with E-state index in [1.807, 2.05) is 59.5 Å². The van der Waals surface area contributed by atoms with Crippen LogP contribution in [0.25, 0.3) is 11.1 Å². The van der Waals surface area contributed by atoms with E-state index in [1.54, 1.807) is 24.0 Å². The van der Waals surface area contributed by atoms with Crippen LogP contribution in [0.4, 0.5) is 10.1 Å². The summed E-state index contributed by atoms with van der Waals surface area (Å²) in [7, 11) is 0. The predicted molar refractivity (Wildman–Crippen MR) is 124 cm³/mol. The molecule has 1 aliphatic rings. The number of aryl methyl sites for hydroxylation is 1. The first-order valence-electron chi connectivity index (χ1n) is 10.7. The number of carbonyl (C=O) groups is 2. The molecule has 0 bridgehead atoms. The molecule has 3 aromatic carbocycles. The van der Waals surface area contributed by atoms with Gasteiger partial charge in [0.15, 0.2) is 0 Å². The smallest absolute Gasteiger partial charge is 0.254 e. The van der Waals surface area contributed by atoms with Gasteiger partial charge in [0.25, 0.3) is 5.91 Å². The van der Waals surface area contributed by atoms with Crippen LogP contribution in [0, 0.1) is 12.7 Å². The summed E-state index contributed by atoms with van der Waals surface area (Å²) in [5.74, 6) is -0.632. The Morgan fingerprint density at radius 3 is 2.19 bits per heavy atom. The SMILES string of the molecule is Cc1ccc(C(=O)N2CCN(CC(=O)Nc3ccc(-c4ccccc4)cc3)CC2)cc1F. The maximum Gasteiger partial charge on any atom is 0.254 e. The van der Waals surface area contributed by atoms with Crippen molar-refractivity contribution >= 4 is 17.5 Å². The number of benzene rings is 3. The number of piperazine rings is 1. The fourth-order valence-electron chi connectivity index (χ4n) is 3.80. The molecule has 32 heavy (non-hydrogen) atoms. The van der Waals surface area contributed by atoms with Gasteiger partial charge in [-0.1, -0.05) is 48.5 Å². The maximum absolute atomic E-state index is 13.8. The van der Waals surface area contributed by atoms with Gasteiger partial charge in [-0.3, -0.25) is 14.5 Å². The summed E-state index contributed by atoms with van der Waals surface area (Å²) in [5, 5.41) is 2.94. The first-order valence-corrected chi connectivity index (χ1v) is 10.7. The number of amides is 2. The van der Waals surface area contributed by atoms with Gasteiger partial charge in [0, 0.05) is 37.4 Å². The van der Waals surface area contributed by atoms with Gasteiger partial charge in [0.2, 0.25) is 5.91 Å². The highest BCUT2D eigenvalue weighted by Gasteiger charge is 2.23. The molecule has 1 N–H and O–H groups in total. The Balaban J connectivity index is 1.26. The predicted octanol–water partition coefficient (Wildman–Crippen LogP) is 4.20. The molecule has 0 spiro atoms. The number of anilines is 1. The van der Waals surface area contributed by atoms with Gasteiger partial charge >= 0.3 is 0 Å². The Kier molecular flexibility index (Phi) is 6.61. The van der Waals surface area contributed by atoms with Crippen LogP contribution in [0.15, 0.2) is 72.8 Å². The molecule has 2 amide bonds. The van der Waals surface area contributed by atoms with Crippen LogP contribution < -0.4 is 5.32 Å². The van der Waals surface area contributed by atoms with Crippen molar-refractivity contribution in [2.75, 3.05) is 38.0 Å². The van der Waals surface area contributed by atoms with Gasteiger partial charge in [-0.25, -0.2) is 4.39 Å². The summed E-state index contributed by atoms with van der Waals surface area (Å²) in [6.07, 6.45) is 0. The van der Waals surface area contributed by atoms with E-state index in [-0.39, 0.29) is 24.2 Å². The van der Waals surface area contributed by atoms with Crippen LogP contribution in [-0.4, -0.2) is 54.3 Å². The minimum atomic E-state index is -0.372. The van der Waals surface area contributed by atoms with Crippen molar-refractivity contribution in [1.82, 2.24) is 9.80 Å². The molecule has 0 aromatic heterocycles. The van der Waals surface area contributed by atoms with E-state index in [4.69, 9.17) is 0 Å². The number of rotatable bonds is 5. The molecule has 0 saturated carbocycles. The fourth-order valence-corrected chi connectivity index (χ4v) is 3.80. The van der Waals surface area contributed by atoms with Crippen molar-refractivity contribution in [1.29, 1.82) is 0 Å². The minimum Gasteiger partial charge on any atom is -0.336 e. The van der Waals surface area contributed by atoms with E-state index in [0.29, 0.717) is 37.3 Å². The van der Waals surface area contributed by atoms with Crippen molar-refractivity contribution in [2.24, 2.45) is 0 Å². The topological polar surface area (TPSA) is 52.7 Å². The summed E-state index contributed by atoms with van der Waals surface area (Å²) in [6.45, 7) is 4.15. The highest BCUT2D eigenvalue weighted by Crippen LogP contribution is 2.21. The van der Waals surface area contributed by atoms with Crippen LogP contribution in [0.5, 0.6) is 0 Å². The van der Waals surface area contributed by atoms with Crippen molar-refractivity contribution in [2.45, 2.75) is 6.92 Å². The fraction of sp³-hybridized carbons (Fsp3) is 0.231. The van der Waals surface area contributed by atoms with Gasteiger partial charge < -0.3 is 10.2 Å². The third kappa shape index (κ3) is 5.21. The van der Waals surface area contributed by atoms with Crippen LogP contribution in [0.2, 0.25) is 0 Å². The first-order chi connectivity index (χ1) is 15.5. The lowest BCUT2D eigenvalue weighted by molar-refractivity contribution is -0.117. The summed E-state index contributed by atoms with van der Waals surface area (Å²) in [5.41, 5.74) is 3.86. The Labute approximate surface area is 187 Å². The van der Waals surface area contributed by atoms with Crippen molar-refractivity contribution < 1.29 is 14.0 Å². The van der Waals surface area contributed by atoms with Gasteiger partial charge in [-0.2, -0.15) is 0 Å². The largest absolute Gasteiger partial charge is 0.336 e. The molecule has 3 aromatic rings. The van der Waals surface area contributed by atoms with Gasteiger partial charge in [0.1, 0.15) is 5.82 Å². The molecule has 0 atom stereocenters. The molecule has 1 saturated heterocycles. The third-order valence-corrected chi connectivity index (χ3v) is 5.72. The summed E-state index contributed by atoms with van der Waals surface area (Å²) in [4.78, 5) is 28.8. The number of hydrogen-bond donors (Lipinski definition) is 1. The number of hydrogen-bond acceptors (Lipinski definition) is 3. The lowest BCUT2D eigenvalue weighted by Crippen LogP contribution is -2.50. The summed E-state index contributed by atoms with van der Waals surface area (Å²) in [6, 6.07) is 22.4. The van der Waals surface area contributed by atoms with Crippen LogP contribution >= 0.6 is 0 Å². The zero-order valence-corrected chi connectivity index (χ0v) is 18.1. The summed E-state index contributed by atoms with van der Waals surface area (Å²) < 4.78 is 13.8. The first kappa shape index (κ1) is 21.7. The number of carbonyl (C=O) groups excluding carboxylic acids is 2. The zero-order chi connectivity index (χ0) is 22.5. The Hall–Kier alpha value is -3.51. The Morgan fingerprint density at radius 1 is 0.875 bits per heavy atom. The highest BCUT2D eigenvalue weighted by atomic mass is 19.1. The van der Waals surface area contributed by atoms with Crippen LogP contribution in [-0.2, 0) is 4.79 Å². The normalized spacial score (nSPS) is 14.2. The quantitative estimate of drug-likeness (QED) is 0.659. The Morgan fingerprint density at radius 2 is 1.53 bits per heavy atom. The lowest BCUT2D eigenvalue weighted by atomic mass is 10.1. The van der Waals surface area contributed by atoms with E-state index in [0.717, 1.165) is 16.8 Å². The molecule has 164 valence electrons. The molecular weight excluding hydrogens is 405 g/mol. The average molecular weight is 432 g/mol. The summed E-state index contributed by atoms with van der Waals surface area (Å²) >= 11 is 0. The third-order valence-electron chi connectivity index (χ3n) is 5.72. The van der Waals surface area contributed by atoms with Gasteiger partial charge in [0.05, 0.1) is 6.54 Å². The van der Waals surface area contributed by atoms with E-state index >= 15 is 0 Å². The van der Waals surface area contributed by atoms with Crippen molar-refractivity contribution in [3.05, 3.63) is 89.7 Å². The molecule has 5 nitrogen and oxygen atoms in total. The monoisotopic (exact) mass is 431 g/mol. The molecule has 4 rings (SSSR count). The second-order valence-corrected chi connectivity index (χ2v) is 8.02. The van der Waals surface area contributed by atoms with Gasteiger partial charge in [-0.15, -0.1) is 0 Å². The van der Waals surface area contributed by atoms with Crippen molar-refractivity contribution in [3.63, 3.8) is 0 Å². The molecule has 1 heterocycles. The number of nitrogens with one attached hydrogen (secondary N) is 1.